The lowest BCUT2D eigenvalue weighted by molar-refractivity contribution is 0.269. The maximum atomic E-state index is 14.5. The second kappa shape index (κ2) is 7.69. The monoisotopic (exact) mass is 401 g/mol. The molecule has 1 aliphatic rings. The van der Waals surface area contributed by atoms with Crippen molar-refractivity contribution in [3.63, 3.8) is 0 Å². The Hall–Kier alpha value is -1.78. The molecule has 0 saturated carbocycles. The molecule has 1 atom stereocenters. The molecule has 2 aromatic rings. The van der Waals surface area contributed by atoms with Crippen LogP contribution in [0.1, 0.15) is 25.3 Å². The van der Waals surface area contributed by atoms with Crippen LogP contribution in [0.25, 0.3) is 0 Å². The van der Waals surface area contributed by atoms with Gasteiger partial charge in [0.1, 0.15) is 11.5 Å². The number of halogens is 3. The van der Waals surface area contributed by atoms with Crippen LogP contribution >= 0.6 is 11.0 Å². The SMILES string of the molecule is CC(CCCN)N1Cc2cc(F)ccc2N(c2c(F)cccc2F)S1(O)O. The van der Waals surface area contributed by atoms with Gasteiger partial charge in [-0.1, -0.05) is 6.07 Å². The summed E-state index contributed by atoms with van der Waals surface area (Å²) in [5, 5.41) is 0. The summed E-state index contributed by atoms with van der Waals surface area (Å²) < 4.78 is 67.0. The molecule has 1 aliphatic heterocycles. The summed E-state index contributed by atoms with van der Waals surface area (Å²) in [5.41, 5.74) is 5.51. The predicted octanol–water partition coefficient (Wildman–Crippen LogP) is 4.77. The quantitative estimate of drug-likeness (QED) is 0.673. The van der Waals surface area contributed by atoms with Crippen LogP contribution in [0, 0.1) is 17.5 Å². The molecular formula is C18H22F3N3O2S. The van der Waals surface area contributed by atoms with Crippen LogP contribution in [0.3, 0.4) is 0 Å². The molecule has 1 heterocycles. The van der Waals surface area contributed by atoms with Gasteiger partial charge in [0.15, 0.2) is 11.6 Å². The molecule has 0 spiro atoms. The van der Waals surface area contributed by atoms with E-state index in [9.17, 15) is 22.3 Å². The van der Waals surface area contributed by atoms with Gasteiger partial charge in [0.05, 0.1) is 5.69 Å². The zero-order valence-corrected chi connectivity index (χ0v) is 15.6. The van der Waals surface area contributed by atoms with Crippen molar-refractivity contribution in [1.82, 2.24) is 4.31 Å². The zero-order valence-electron chi connectivity index (χ0n) is 14.8. The third-order valence-electron chi connectivity index (χ3n) is 4.60. The van der Waals surface area contributed by atoms with Gasteiger partial charge in [-0.05, 0) is 73.2 Å². The molecule has 27 heavy (non-hydrogen) atoms. The maximum Gasteiger partial charge on any atom is 0.151 e. The average Bonchev–Trinajstić information content (AvgIpc) is 2.60. The van der Waals surface area contributed by atoms with Gasteiger partial charge in [-0.2, -0.15) is 4.31 Å². The van der Waals surface area contributed by atoms with Crippen molar-refractivity contribution in [3.05, 3.63) is 59.4 Å². The number of hydrogen-bond donors (Lipinski definition) is 3. The van der Waals surface area contributed by atoms with Gasteiger partial charge in [-0.3, -0.25) is 9.11 Å². The molecule has 0 aromatic heterocycles. The molecule has 0 radical (unpaired) electrons. The second-order valence-electron chi connectivity index (χ2n) is 6.48. The molecule has 0 amide bonds. The van der Waals surface area contributed by atoms with Gasteiger partial charge in [0.2, 0.25) is 0 Å². The maximum absolute atomic E-state index is 14.5. The summed E-state index contributed by atoms with van der Waals surface area (Å²) in [7, 11) is -3.79. The van der Waals surface area contributed by atoms with Crippen LogP contribution in [0.15, 0.2) is 36.4 Å². The van der Waals surface area contributed by atoms with E-state index >= 15 is 0 Å². The summed E-state index contributed by atoms with van der Waals surface area (Å²) >= 11 is 0. The summed E-state index contributed by atoms with van der Waals surface area (Å²) in [6.07, 6.45) is 1.18. The van der Waals surface area contributed by atoms with Crippen LogP contribution in [0.4, 0.5) is 24.5 Å². The van der Waals surface area contributed by atoms with Crippen LogP contribution < -0.4 is 10.0 Å². The van der Waals surface area contributed by atoms with Crippen LogP contribution in [0.5, 0.6) is 0 Å². The summed E-state index contributed by atoms with van der Waals surface area (Å²) in [6, 6.07) is 6.56. The van der Waals surface area contributed by atoms with Crippen molar-refractivity contribution in [2.24, 2.45) is 5.73 Å². The van der Waals surface area contributed by atoms with Crippen molar-refractivity contribution < 1.29 is 22.3 Å². The Morgan fingerprint density at radius 2 is 1.81 bits per heavy atom. The van der Waals surface area contributed by atoms with Gasteiger partial charge >= 0.3 is 0 Å². The van der Waals surface area contributed by atoms with Crippen LogP contribution in [-0.2, 0) is 6.54 Å². The molecule has 148 valence electrons. The smallest absolute Gasteiger partial charge is 0.151 e. The molecule has 4 N–H and O–H groups in total. The first kappa shape index (κ1) is 20.0. The summed E-state index contributed by atoms with van der Waals surface area (Å²) in [6.45, 7) is 2.23. The number of benzene rings is 2. The summed E-state index contributed by atoms with van der Waals surface area (Å²) in [5.74, 6) is -2.40. The number of nitrogens with two attached hydrogens (primary N) is 1. The first-order chi connectivity index (χ1) is 12.8. The number of rotatable bonds is 5. The Labute approximate surface area is 157 Å². The van der Waals surface area contributed by atoms with Crippen molar-refractivity contribution in [3.8, 4) is 0 Å². The lowest BCUT2D eigenvalue weighted by Gasteiger charge is -2.55. The number of para-hydroxylation sites is 1. The largest absolute Gasteiger partial charge is 0.330 e. The molecular weight excluding hydrogens is 379 g/mol. The van der Waals surface area contributed by atoms with Crippen molar-refractivity contribution in [2.75, 3.05) is 10.8 Å². The minimum Gasteiger partial charge on any atom is -0.330 e. The molecule has 0 saturated heterocycles. The Morgan fingerprint density at radius 1 is 1.15 bits per heavy atom. The van der Waals surface area contributed by atoms with Gasteiger partial charge < -0.3 is 5.73 Å². The minimum absolute atomic E-state index is 0.0355. The Morgan fingerprint density at radius 3 is 2.44 bits per heavy atom. The normalized spacial score (nSPS) is 18.9. The van der Waals surface area contributed by atoms with E-state index in [2.05, 4.69) is 0 Å². The predicted molar refractivity (Wildman–Crippen MR) is 101 cm³/mol. The van der Waals surface area contributed by atoms with E-state index in [0.717, 1.165) is 22.5 Å². The van der Waals surface area contributed by atoms with E-state index in [1.54, 1.807) is 6.92 Å². The minimum atomic E-state index is -3.79. The fraction of sp³-hybridized carbons (Fsp3) is 0.333. The number of nitrogens with zero attached hydrogens (tertiary/aromatic N) is 2. The molecule has 1 unspecified atom stereocenters. The summed E-state index contributed by atoms with van der Waals surface area (Å²) in [4.78, 5) is 0. The van der Waals surface area contributed by atoms with Gasteiger partial charge in [0.25, 0.3) is 0 Å². The highest BCUT2D eigenvalue weighted by Gasteiger charge is 2.42. The lowest BCUT2D eigenvalue weighted by atomic mass is 10.1. The number of hydrogen-bond acceptors (Lipinski definition) is 5. The fourth-order valence-electron chi connectivity index (χ4n) is 3.25. The van der Waals surface area contributed by atoms with E-state index in [0.29, 0.717) is 24.9 Å². The van der Waals surface area contributed by atoms with E-state index in [4.69, 9.17) is 5.73 Å². The zero-order chi connectivity index (χ0) is 19.8. The Bertz CT molecular complexity index is 817. The van der Waals surface area contributed by atoms with E-state index in [1.165, 1.54) is 22.5 Å². The molecule has 0 fully saturated rings. The highest BCUT2D eigenvalue weighted by atomic mass is 32.3. The lowest BCUT2D eigenvalue weighted by Crippen LogP contribution is -2.46. The van der Waals surface area contributed by atoms with Crippen LogP contribution in [-0.4, -0.2) is 26.0 Å². The van der Waals surface area contributed by atoms with E-state index in [-0.39, 0.29) is 18.3 Å². The van der Waals surface area contributed by atoms with E-state index < -0.39 is 34.1 Å². The highest BCUT2D eigenvalue weighted by Crippen LogP contribution is 2.60. The topological polar surface area (TPSA) is 73.0 Å². The first-order valence-electron chi connectivity index (χ1n) is 8.55. The van der Waals surface area contributed by atoms with Gasteiger partial charge in [-0.15, -0.1) is 0 Å². The molecule has 0 bridgehead atoms. The van der Waals surface area contributed by atoms with Gasteiger partial charge in [0, 0.05) is 12.6 Å². The number of fused-ring (bicyclic) bond motifs is 1. The standard InChI is InChI=1S/C18H22F3N3O2S/c1-12(4-3-9-22)23-11-13-10-14(19)7-8-17(13)24(27(23,25)26)18-15(20)5-2-6-16(18)21/h2,5-8,10,12,25-26H,3-4,9,11,22H2,1H3. The second-order valence-corrected chi connectivity index (χ2v) is 8.30. The van der Waals surface area contributed by atoms with Crippen molar-refractivity contribution in [1.29, 1.82) is 0 Å². The molecule has 0 aliphatic carbocycles. The Balaban J connectivity index is 2.17. The van der Waals surface area contributed by atoms with Crippen LogP contribution in [0.2, 0.25) is 0 Å². The third-order valence-corrected chi connectivity index (χ3v) is 6.59. The fourth-order valence-corrected chi connectivity index (χ4v) is 5.22. The van der Waals surface area contributed by atoms with Crippen molar-refractivity contribution >= 4 is 22.3 Å². The first-order valence-corrected chi connectivity index (χ1v) is 10.0. The molecule has 5 nitrogen and oxygen atoms in total. The molecule has 2 aromatic carbocycles. The Kier molecular flexibility index (Phi) is 5.68. The average molecular weight is 401 g/mol. The molecule has 9 heteroatoms. The van der Waals surface area contributed by atoms with Crippen molar-refractivity contribution in [2.45, 2.75) is 32.4 Å². The highest BCUT2D eigenvalue weighted by molar-refractivity contribution is 8.23. The third kappa shape index (κ3) is 3.65. The number of anilines is 2. The van der Waals surface area contributed by atoms with E-state index in [1.807, 2.05) is 0 Å². The molecule has 3 rings (SSSR count). The van der Waals surface area contributed by atoms with Gasteiger partial charge in [-0.25, -0.2) is 17.5 Å².